The number of ether oxygens (including phenoxy) is 3. The van der Waals surface area contributed by atoms with Gasteiger partial charge in [-0.25, -0.2) is 0 Å². The van der Waals surface area contributed by atoms with Crippen LogP contribution in [0.4, 0.5) is 0 Å². The van der Waals surface area contributed by atoms with E-state index in [1.54, 1.807) is 6.92 Å². The van der Waals surface area contributed by atoms with Crippen LogP contribution in [0.15, 0.2) is 18.2 Å². The van der Waals surface area contributed by atoms with Crippen molar-refractivity contribution in [3.05, 3.63) is 51.6 Å². The van der Waals surface area contributed by atoms with Crippen molar-refractivity contribution < 1.29 is 54.1 Å². The molecule has 2 aromatic rings. The van der Waals surface area contributed by atoms with E-state index in [9.17, 15) is 39.9 Å². The average molecular weight is 559 g/mol. The molecule has 1 fully saturated rings. The standard InChI is InChI=1S/C27H30N2O11/c1-10-21(32)13(28)6-16(39-10)40-27(29)9-26(37,15(31)8-30)7-12-20(27)25(36)19-18(23(12)34)22(33)11-4-3-5-14(38-2)17(11)24(19)35/h3-5,10,13,16,21,30,32,34,36-37H,6-9,28-29H2,1-2H3/t10-,13-,16-,21+,26-,27-/m0/s1. The van der Waals surface area contributed by atoms with E-state index in [2.05, 4.69) is 0 Å². The lowest BCUT2D eigenvalue weighted by molar-refractivity contribution is -0.277. The number of aliphatic hydroxyl groups is 3. The quantitative estimate of drug-likeness (QED) is 0.148. The Morgan fingerprint density at radius 2 is 1.82 bits per heavy atom. The predicted molar refractivity (Wildman–Crippen MR) is 135 cm³/mol. The Hall–Kier alpha value is -3.43. The predicted octanol–water partition coefficient (Wildman–Crippen LogP) is -0.928. The number of carbonyl (C=O) groups excluding carboxylic acids is 3. The van der Waals surface area contributed by atoms with Crippen LogP contribution in [-0.4, -0.2) is 86.7 Å². The molecular formula is C27H30N2O11. The zero-order chi connectivity index (χ0) is 29.3. The topological polar surface area (TPSA) is 232 Å². The van der Waals surface area contributed by atoms with Gasteiger partial charge in [0.15, 0.2) is 23.6 Å². The van der Waals surface area contributed by atoms with Crippen LogP contribution in [0.3, 0.4) is 0 Å². The van der Waals surface area contributed by atoms with E-state index in [4.69, 9.17) is 25.7 Å². The smallest absolute Gasteiger partial charge is 0.202 e. The molecule has 2 aliphatic carbocycles. The molecule has 9 N–H and O–H groups in total. The van der Waals surface area contributed by atoms with Gasteiger partial charge in [0.25, 0.3) is 0 Å². The highest BCUT2D eigenvalue weighted by Gasteiger charge is 2.55. The van der Waals surface area contributed by atoms with Crippen molar-refractivity contribution in [1.29, 1.82) is 0 Å². The Bertz CT molecular complexity index is 1430. The molecule has 6 atom stereocenters. The number of fused-ring (bicyclic) bond motifs is 3. The van der Waals surface area contributed by atoms with Gasteiger partial charge in [-0.3, -0.25) is 20.1 Å². The summed E-state index contributed by atoms with van der Waals surface area (Å²) in [6, 6.07) is 3.50. The molecule has 40 heavy (non-hydrogen) atoms. The van der Waals surface area contributed by atoms with Gasteiger partial charge in [0, 0.05) is 42.0 Å². The fourth-order valence-corrected chi connectivity index (χ4v) is 5.95. The summed E-state index contributed by atoms with van der Waals surface area (Å²) < 4.78 is 16.9. The molecule has 214 valence electrons. The number of carbonyl (C=O) groups is 3. The van der Waals surface area contributed by atoms with Crippen molar-refractivity contribution in [2.24, 2.45) is 11.5 Å². The van der Waals surface area contributed by atoms with Crippen molar-refractivity contribution in [2.75, 3.05) is 13.7 Å². The highest BCUT2D eigenvalue weighted by atomic mass is 16.7. The number of aromatic hydroxyl groups is 2. The fourth-order valence-electron chi connectivity index (χ4n) is 5.95. The van der Waals surface area contributed by atoms with E-state index in [-0.39, 0.29) is 34.4 Å². The van der Waals surface area contributed by atoms with Crippen molar-refractivity contribution in [3.8, 4) is 17.2 Å². The Morgan fingerprint density at radius 1 is 1.15 bits per heavy atom. The third-order valence-electron chi connectivity index (χ3n) is 7.92. The van der Waals surface area contributed by atoms with Crippen LogP contribution in [0.25, 0.3) is 0 Å². The van der Waals surface area contributed by atoms with Crippen LogP contribution in [0, 0.1) is 0 Å². The first-order valence-corrected chi connectivity index (χ1v) is 12.6. The number of benzene rings is 2. The van der Waals surface area contributed by atoms with Gasteiger partial charge in [-0.2, -0.15) is 0 Å². The molecule has 0 unspecified atom stereocenters. The second-order valence-electron chi connectivity index (χ2n) is 10.5. The van der Waals surface area contributed by atoms with E-state index in [0.717, 1.165) is 0 Å². The van der Waals surface area contributed by atoms with E-state index in [0.29, 0.717) is 0 Å². The molecule has 5 rings (SSSR count). The Balaban J connectivity index is 1.73. The molecule has 2 aromatic carbocycles. The first-order chi connectivity index (χ1) is 18.8. The first kappa shape index (κ1) is 28.1. The molecule has 0 saturated carbocycles. The number of phenols is 2. The summed E-state index contributed by atoms with van der Waals surface area (Å²) in [5.41, 5.74) is 5.94. The van der Waals surface area contributed by atoms with Crippen molar-refractivity contribution in [1.82, 2.24) is 0 Å². The van der Waals surface area contributed by atoms with Gasteiger partial charge < -0.3 is 45.5 Å². The van der Waals surface area contributed by atoms with Gasteiger partial charge in [-0.15, -0.1) is 0 Å². The van der Waals surface area contributed by atoms with E-state index in [1.807, 2.05) is 0 Å². The summed E-state index contributed by atoms with van der Waals surface area (Å²) in [6.45, 7) is 0.455. The molecule has 0 aromatic heterocycles. The van der Waals surface area contributed by atoms with Gasteiger partial charge in [-0.1, -0.05) is 12.1 Å². The van der Waals surface area contributed by atoms with Crippen molar-refractivity contribution in [2.45, 2.75) is 62.1 Å². The highest BCUT2D eigenvalue weighted by molar-refractivity contribution is 6.31. The zero-order valence-corrected chi connectivity index (χ0v) is 21.7. The van der Waals surface area contributed by atoms with Gasteiger partial charge in [0.05, 0.1) is 36.0 Å². The SMILES string of the molecule is COc1cccc2c1C(=O)c1c(O)c3c(c(O)c1C2=O)C[C@@](O)(C(=O)CO)C[C@]3(N)O[C@H]1C[C@H](N)[C@H](O)[C@H](C)O1. The van der Waals surface area contributed by atoms with Crippen LogP contribution in [0.1, 0.15) is 62.7 Å². The number of nitrogens with two attached hydrogens (primary N) is 2. The van der Waals surface area contributed by atoms with E-state index < -0.39 is 95.3 Å². The average Bonchev–Trinajstić information content (AvgIpc) is 2.90. The Morgan fingerprint density at radius 3 is 2.45 bits per heavy atom. The molecule has 0 radical (unpaired) electrons. The molecule has 1 heterocycles. The molecule has 13 heteroatoms. The Labute approximate surface area is 227 Å². The number of rotatable bonds is 5. The third kappa shape index (κ3) is 4.01. The summed E-state index contributed by atoms with van der Waals surface area (Å²) in [7, 11) is 1.30. The van der Waals surface area contributed by atoms with E-state index in [1.165, 1.54) is 25.3 Å². The summed E-state index contributed by atoms with van der Waals surface area (Å²) >= 11 is 0. The monoisotopic (exact) mass is 558 g/mol. The molecule has 1 aliphatic heterocycles. The summed E-state index contributed by atoms with van der Waals surface area (Å²) in [6.07, 6.45) is -4.51. The number of hydrogen-bond donors (Lipinski definition) is 7. The molecule has 3 aliphatic rings. The number of Topliss-reactive ketones (excluding diaryl/α,β-unsaturated/α-hetero) is 1. The van der Waals surface area contributed by atoms with Crippen molar-refractivity contribution in [3.63, 3.8) is 0 Å². The minimum Gasteiger partial charge on any atom is -0.507 e. The lowest BCUT2D eigenvalue weighted by Crippen LogP contribution is -2.60. The maximum Gasteiger partial charge on any atom is 0.202 e. The van der Waals surface area contributed by atoms with Crippen LogP contribution in [-0.2, 0) is 26.4 Å². The normalized spacial score (nSPS) is 31.3. The maximum absolute atomic E-state index is 13.7. The second kappa shape index (κ2) is 9.59. The van der Waals surface area contributed by atoms with Crippen LogP contribution in [0.5, 0.6) is 17.2 Å². The summed E-state index contributed by atoms with van der Waals surface area (Å²) in [5.74, 6) is -4.23. The number of aliphatic hydroxyl groups excluding tert-OH is 2. The van der Waals surface area contributed by atoms with Gasteiger partial charge in [-0.05, 0) is 13.0 Å². The molecular weight excluding hydrogens is 528 g/mol. The molecule has 0 bridgehead atoms. The minimum atomic E-state index is -2.40. The fraction of sp³-hybridized carbons (Fsp3) is 0.444. The lowest BCUT2D eigenvalue weighted by atomic mass is 9.69. The second-order valence-corrected chi connectivity index (χ2v) is 10.5. The molecule has 13 nitrogen and oxygen atoms in total. The van der Waals surface area contributed by atoms with Crippen molar-refractivity contribution >= 4 is 17.3 Å². The zero-order valence-electron chi connectivity index (χ0n) is 21.7. The highest BCUT2D eigenvalue weighted by Crippen LogP contribution is 2.53. The summed E-state index contributed by atoms with van der Waals surface area (Å²) in [5, 5.41) is 54.0. The van der Waals surface area contributed by atoms with E-state index >= 15 is 0 Å². The number of methoxy groups -OCH3 is 1. The van der Waals surface area contributed by atoms with Crippen LogP contribution in [0.2, 0.25) is 0 Å². The van der Waals surface area contributed by atoms with Gasteiger partial charge >= 0.3 is 0 Å². The number of ketones is 3. The minimum absolute atomic E-state index is 0.0634. The summed E-state index contributed by atoms with van der Waals surface area (Å²) in [4.78, 5) is 39.9. The lowest BCUT2D eigenvalue weighted by Gasteiger charge is -2.47. The van der Waals surface area contributed by atoms with Gasteiger partial charge in [0.1, 0.15) is 29.5 Å². The molecule has 1 saturated heterocycles. The van der Waals surface area contributed by atoms with Crippen LogP contribution < -0.4 is 16.2 Å². The molecule has 0 spiro atoms. The Kier molecular flexibility index (Phi) is 6.74. The van der Waals surface area contributed by atoms with Crippen LogP contribution >= 0.6 is 0 Å². The first-order valence-electron chi connectivity index (χ1n) is 12.6. The van der Waals surface area contributed by atoms with Gasteiger partial charge in [0.2, 0.25) is 5.78 Å². The largest absolute Gasteiger partial charge is 0.507 e. The molecule has 0 amide bonds. The maximum atomic E-state index is 13.7. The number of phenolic OH excluding ortho intramolecular Hbond substituents is 2. The third-order valence-corrected chi connectivity index (χ3v) is 7.92. The number of hydrogen-bond acceptors (Lipinski definition) is 13.